The molecule has 7 atom stereocenters. The molecule has 0 unspecified atom stereocenters. The summed E-state index contributed by atoms with van der Waals surface area (Å²) >= 11 is 0. The van der Waals surface area contributed by atoms with Gasteiger partial charge in [0.2, 0.25) is 0 Å². The number of allylic oxidation sites excluding steroid dienone is 2. The van der Waals surface area contributed by atoms with Crippen molar-refractivity contribution in [1.82, 2.24) is 20.0 Å². The van der Waals surface area contributed by atoms with E-state index >= 15 is 0 Å². The number of likely N-dealkylation sites (tertiary alicyclic amines) is 1. The van der Waals surface area contributed by atoms with Crippen LogP contribution in [-0.4, -0.2) is 137 Å². The Hall–Kier alpha value is -3.62. The summed E-state index contributed by atoms with van der Waals surface area (Å²) in [7, 11) is 0. The van der Waals surface area contributed by atoms with Crippen LogP contribution in [0.25, 0.3) is 0 Å². The minimum absolute atomic E-state index is 0.109. The summed E-state index contributed by atoms with van der Waals surface area (Å²) in [6, 6.07) is 0.364. The normalized spacial score (nSPS) is 30.4. The minimum atomic E-state index is -1.49. The molecule has 1 aliphatic carbocycles. The topological polar surface area (TPSA) is 167 Å². The lowest BCUT2D eigenvalue weighted by atomic mass is 9.89. The highest BCUT2D eigenvalue weighted by atomic mass is 16.6. The molecule has 3 fully saturated rings. The van der Waals surface area contributed by atoms with Crippen LogP contribution < -0.4 is 5.32 Å². The maximum atomic E-state index is 13.5. The second-order valence-corrected chi connectivity index (χ2v) is 17.8. The van der Waals surface area contributed by atoms with Crippen LogP contribution in [0, 0.1) is 11.8 Å². The summed E-state index contributed by atoms with van der Waals surface area (Å²) in [5.41, 5.74) is -1.36. The molecule has 0 radical (unpaired) electrons. The van der Waals surface area contributed by atoms with Crippen LogP contribution >= 0.6 is 0 Å². The number of aliphatic hydroxyl groups is 2. The van der Waals surface area contributed by atoms with E-state index in [1.165, 1.54) is 38.5 Å². The molecule has 4 aliphatic rings. The smallest absolute Gasteiger partial charge is 0.410 e. The Balaban J connectivity index is 1.33. The average molecular weight is 803 g/mol. The number of carbonyl (C=O) groups excluding carboxylic acids is 4. The van der Waals surface area contributed by atoms with E-state index in [-0.39, 0.29) is 43.7 Å². The van der Waals surface area contributed by atoms with Gasteiger partial charge in [-0.15, -0.1) is 0 Å². The number of cyclic esters (lactones) is 1. The van der Waals surface area contributed by atoms with E-state index in [4.69, 9.17) is 18.9 Å². The molecule has 2 saturated heterocycles. The highest BCUT2D eigenvalue weighted by Gasteiger charge is 2.37. The maximum Gasteiger partial charge on any atom is 0.410 e. The fourth-order valence-electron chi connectivity index (χ4n) is 7.89. The van der Waals surface area contributed by atoms with Gasteiger partial charge in [0.1, 0.15) is 17.3 Å². The van der Waals surface area contributed by atoms with Gasteiger partial charge in [0.15, 0.2) is 6.10 Å². The molecule has 4 rings (SSSR count). The van der Waals surface area contributed by atoms with Crippen molar-refractivity contribution in [2.45, 2.75) is 154 Å². The monoisotopic (exact) mass is 803 g/mol. The van der Waals surface area contributed by atoms with Gasteiger partial charge in [-0.05, 0) is 78.4 Å². The number of amides is 3. The standard InChI is InChI=1S/C43H70N4O10/c1-30(29-54-40(51)47-22-20-33(28-47)44-39(50)57-42(4,5)6)13-12-14-31(2)38-32(3)17-18-36(43(7,53)21-19-35(48)27-37(49)56-38)55-41(52)46-25-23-45(24-26-46)34-15-10-8-9-11-16-34/h12-14,17-18,30,32-36,38,48,53H,8-11,15-16,19-29H2,1-7H3,(H,44,50)/b13-12+,18-17+,31-14+/t30-,32+,33+,35+,36-,38-,43+/m1/s1. The van der Waals surface area contributed by atoms with Crippen LogP contribution in [0.3, 0.4) is 0 Å². The van der Waals surface area contributed by atoms with Crippen LogP contribution in [0.1, 0.15) is 113 Å². The van der Waals surface area contributed by atoms with Crippen LogP contribution in [0.2, 0.25) is 0 Å². The molecule has 3 heterocycles. The van der Waals surface area contributed by atoms with Crippen molar-refractivity contribution in [3.8, 4) is 0 Å². The van der Waals surface area contributed by atoms with Gasteiger partial charge < -0.3 is 44.3 Å². The predicted octanol–water partition coefficient (Wildman–Crippen LogP) is 6.11. The number of nitrogens with zero attached hydrogens (tertiary/aromatic N) is 3. The van der Waals surface area contributed by atoms with E-state index in [2.05, 4.69) is 10.2 Å². The Labute approximate surface area is 339 Å². The first-order valence-electron chi connectivity index (χ1n) is 21.1. The Morgan fingerprint density at radius 2 is 1.68 bits per heavy atom. The van der Waals surface area contributed by atoms with Crippen molar-refractivity contribution in [3.63, 3.8) is 0 Å². The molecule has 0 bridgehead atoms. The van der Waals surface area contributed by atoms with Gasteiger partial charge in [-0.3, -0.25) is 9.69 Å². The number of nitrogens with one attached hydrogen (secondary N) is 1. The van der Waals surface area contributed by atoms with E-state index < -0.39 is 53.8 Å². The summed E-state index contributed by atoms with van der Waals surface area (Å²) in [4.78, 5) is 57.1. The van der Waals surface area contributed by atoms with Crippen LogP contribution in [0.5, 0.6) is 0 Å². The second kappa shape index (κ2) is 21.4. The lowest BCUT2D eigenvalue weighted by Crippen LogP contribution is -2.53. The largest absolute Gasteiger partial charge is 0.457 e. The summed E-state index contributed by atoms with van der Waals surface area (Å²) in [5, 5.41) is 25.1. The molecule has 0 aromatic rings. The first-order chi connectivity index (χ1) is 26.9. The lowest BCUT2D eigenvalue weighted by molar-refractivity contribution is -0.151. The zero-order valence-electron chi connectivity index (χ0n) is 35.5. The lowest BCUT2D eigenvalue weighted by Gasteiger charge is -2.40. The summed E-state index contributed by atoms with van der Waals surface area (Å²) < 4.78 is 22.8. The van der Waals surface area contributed by atoms with Crippen LogP contribution in [-0.2, 0) is 23.7 Å². The number of hydrogen-bond acceptors (Lipinski definition) is 11. The molecule has 3 aliphatic heterocycles. The van der Waals surface area contributed by atoms with Crippen molar-refractivity contribution in [2.75, 3.05) is 45.9 Å². The van der Waals surface area contributed by atoms with Gasteiger partial charge in [0.25, 0.3) is 0 Å². The Kier molecular flexibility index (Phi) is 17.3. The van der Waals surface area contributed by atoms with Crippen molar-refractivity contribution < 1.29 is 48.3 Å². The predicted molar refractivity (Wildman–Crippen MR) is 216 cm³/mol. The van der Waals surface area contributed by atoms with Gasteiger partial charge in [-0.2, -0.15) is 0 Å². The molecule has 14 nitrogen and oxygen atoms in total. The number of ether oxygens (including phenoxy) is 4. The highest BCUT2D eigenvalue weighted by molar-refractivity contribution is 5.71. The van der Waals surface area contributed by atoms with Gasteiger partial charge in [-0.1, -0.05) is 63.8 Å². The van der Waals surface area contributed by atoms with Gasteiger partial charge in [0, 0.05) is 57.1 Å². The van der Waals surface area contributed by atoms with Crippen LogP contribution in [0.15, 0.2) is 36.0 Å². The molecule has 0 aromatic carbocycles. The van der Waals surface area contributed by atoms with E-state index in [0.717, 1.165) is 18.7 Å². The summed E-state index contributed by atoms with van der Waals surface area (Å²) in [6.45, 7) is 16.3. The summed E-state index contributed by atoms with van der Waals surface area (Å²) in [5.74, 6) is -1.05. The third kappa shape index (κ3) is 15.2. The number of aliphatic hydroxyl groups excluding tert-OH is 1. The molecule has 0 aromatic heterocycles. The molecular weight excluding hydrogens is 732 g/mol. The quantitative estimate of drug-likeness (QED) is 0.0853. The van der Waals surface area contributed by atoms with Crippen molar-refractivity contribution in [2.24, 2.45) is 11.8 Å². The molecule has 0 spiro atoms. The zero-order valence-corrected chi connectivity index (χ0v) is 35.5. The third-order valence-corrected chi connectivity index (χ3v) is 11.4. The summed E-state index contributed by atoms with van der Waals surface area (Å²) in [6.07, 6.45) is 13.0. The zero-order chi connectivity index (χ0) is 41.8. The average Bonchev–Trinajstić information content (AvgIpc) is 3.43. The second-order valence-electron chi connectivity index (χ2n) is 17.8. The molecule has 57 heavy (non-hydrogen) atoms. The number of hydrogen-bond donors (Lipinski definition) is 3. The van der Waals surface area contributed by atoms with Crippen LogP contribution in [0.4, 0.5) is 14.4 Å². The molecule has 1 saturated carbocycles. The Morgan fingerprint density at radius 1 is 1.00 bits per heavy atom. The molecule has 3 N–H and O–H groups in total. The maximum absolute atomic E-state index is 13.5. The number of carbonyl (C=O) groups is 4. The molecule has 3 amide bonds. The number of piperazine rings is 1. The van der Waals surface area contributed by atoms with Crippen molar-refractivity contribution >= 4 is 24.2 Å². The molecule has 14 heteroatoms. The van der Waals surface area contributed by atoms with Crippen molar-refractivity contribution in [3.05, 3.63) is 36.0 Å². The van der Waals surface area contributed by atoms with E-state index in [0.29, 0.717) is 38.6 Å². The Morgan fingerprint density at radius 3 is 2.35 bits per heavy atom. The van der Waals surface area contributed by atoms with Gasteiger partial charge >= 0.3 is 24.2 Å². The first-order valence-corrected chi connectivity index (χ1v) is 21.1. The molecule has 322 valence electrons. The first kappa shape index (κ1) is 46.1. The minimum Gasteiger partial charge on any atom is -0.457 e. The van der Waals surface area contributed by atoms with Gasteiger partial charge in [-0.25, -0.2) is 14.4 Å². The van der Waals surface area contributed by atoms with E-state index in [9.17, 15) is 29.4 Å². The van der Waals surface area contributed by atoms with E-state index in [1.54, 1.807) is 43.6 Å². The highest BCUT2D eigenvalue weighted by Crippen LogP contribution is 2.28. The van der Waals surface area contributed by atoms with Gasteiger partial charge in [0.05, 0.1) is 25.2 Å². The SMILES string of the molecule is C/C(=C\C=C\[C@@H](C)COC(=O)N1CC[C@H](NC(=O)OC(C)(C)C)C1)[C@H]1OC(=O)C[C@@H](O)CC[C@](C)(O)[C@H](OC(=O)N2CCN(C3CCCCCC3)CC2)/C=C/[C@@H]1C. The van der Waals surface area contributed by atoms with Crippen molar-refractivity contribution in [1.29, 1.82) is 0 Å². The van der Waals surface area contributed by atoms with E-state index in [1.807, 2.05) is 45.1 Å². The molecular formula is C43H70N4O10. The number of alkyl carbamates (subject to hydrolysis) is 1. The number of esters is 1. The third-order valence-electron chi connectivity index (χ3n) is 11.4. The number of rotatable bonds is 8. The fourth-order valence-corrected chi connectivity index (χ4v) is 7.89. The Bertz CT molecular complexity index is 1420. The fraction of sp³-hybridized carbons (Fsp3) is 0.767.